The van der Waals surface area contributed by atoms with E-state index < -0.39 is 17.0 Å². The average molecular weight is 388 g/mol. The van der Waals surface area contributed by atoms with Crippen LogP contribution in [0.4, 0.5) is 5.69 Å². The molecule has 4 rings (SSSR count). The van der Waals surface area contributed by atoms with Crippen LogP contribution < -0.4 is 15.1 Å². The number of ether oxygens (including phenoxy) is 1. The van der Waals surface area contributed by atoms with E-state index in [1.807, 2.05) is 9.47 Å². The van der Waals surface area contributed by atoms with Gasteiger partial charge in [0.15, 0.2) is 5.75 Å². The molecule has 3 N–H and O–H groups in total. The zero-order chi connectivity index (χ0) is 20.1. The fourth-order valence-electron chi connectivity index (χ4n) is 4.10. The lowest BCUT2D eigenvalue weighted by Gasteiger charge is -2.40. The Morgan fingerprint density at radius 2 is 2.11 bits per heavy atom. The number of benzene rings is 1. The van der Waals surface area contributed by atoms with Crippen molar-refractivity contribution in [2.24, 2.45) is 0 Å². The molecule has 1 atom stereocenters. The van der Waals surface area contributed by atoms with E-state index in [2.05, 4.69) is 0 Å². The lowest BCUT2D eigenvalue weighted by atomic mass is 9.93. The normalized spacial score (nSPS) is 22.5. The van der Waals surface area contributed by atoms with Crippen molar-refractivity contribution in [1.29, 1.82) is 0 Å². The maximum Gasteiger partial charge on any atom is 0.341 e. The molecule has 2 heterocycles. The Balaban J connectivity index is 1.93. The number of rotatable bonds is 5. The highest BCUT2D eigenvalue weighted by Crippen LogP contribution is 2.43. The number of carbonyl (C=O) groups is 1. The third-order valence-corrected chi connectivity index (χ3v) is 5.69. The molecule has 8 heteroatoms. The zero-order valence-corrected chi connectivity index (χ0v) is 15.7. The lowest BCUT2D eigenvalue weighted by Crippen LogP contribution is -2.50. The number of aromatic carboxylic acids is 1. The van der Waals surface area contributed by atoms with Gasteiger partial charge in [0.1, 0.15) is 11.2 Å². The molecule has 2 fully saturated rings. The minimum atomic E-state index is -1.24. The number of anilines is 1. The number of fused-ring (bicyclic) bond motifs is 1. The summed E-state index contributed by atoms with van der Waals surface area (Å²) in [5.74, 6) is -0.756. The Morgan fingerprint density at radius 1 is 1.36 bits per heavy atom. The zero-order valence-electron chi connectivity index (χ0n) is 15.7. The SMILES string of the molecule is COc1c(N2CCCC(O)(CO)C2)ccc2c(=O)c(C(=O)O)cn(C3CC3)c12. The highest BCUT2D eigenvalue weighted by molar-refractivity contribution is 5.97. The molecule has 150 valence electrons. The van der Waals surface area contributed by atoms with E-state index in [1.165, 1.54) is 13.3 Å². The molecule has 0 amide bonds. The van der Waals surface area contributed by atoms with E-state index in [1.54, 1.807) is 12.1 Å². The van der Waals surface area contributed by atoms with Crippen molar-refractivity contribution in [3.05, 3.63) is 34.1 Å². The number of aliphatic hydroxyl groups is 2. The minimum Gasteiger partial charge on any atom is -0.492 e. The van der Waals surface area contributed by atoms with E-state index in [4.69, 9.17) is 4.74 Å². The van der Waals surface area contributed by atoms with Gasteiger partial charge in [-0.3, -0.25) is 4.79 Å². The fourth-order valence-corrected chi connectivity index (χ4v) is 4.10. The summed E-state index contributed by atoms with van der Waals surface area (Å²) in [6, 6.07) is 3.50. The van der Waals surface area contributed by atoms with Crippen molar-refractivity contribution in [3.8, 4) is 5.75 Å². The Labute approximate surface area is 161 Å². The predicted octanol–water partition coefficient (Wildman–Crippen LogP) is 1.37. The summed E-state index contributed by atoms with van der Waals surface area (Å²) in [5, 5.41) is 29.8. The Bertz CT molecular complexity index is 996. The second kappa shape index (κ2) is 6.79. The molecule has 8 nitrogen and oxygen atoms in total. The minimum absolute atomic E-state index is 0.140. The van der Waals surface area contributed by atoms with Crippen LogP contribution in [0.15, 0.2) is 23.1 Å². The molecule has 1 saturated carbocycles. The third-order valence-electron chi connectivity index (χ3n) is 5.69. The largest absolute Gasteiger partial charge is 0.492 e. The average Bonchev–Trinajstić information content (AvgIpc) is 3.52. The van der Waals surface area contributed by atoms with Crippen LogP contribution in [0.5, 0.6) is 5.75 Å². The van der Waals surface area contributed by atoms with E-state index in [-0.39, 0.29) is 24.8 Å². The molecule has 0 radical (unpaired) electrons. The van der Waals surface area contributed by atoms with Crippen molar-refractivity contribution in [2.45, 2.75) is 37.3 Å². The molecule has 0 bridgehead atoms. The van der Waals surface area contributed by atoms with Crippen LogP contribution in [0, 0.1) is 0 Å². The molecule has 28 heavy (non-hydrogen) atoms. The number of aromatic nitrogens is 1. The summed E-state index contributed by atoms with van der Waals surface area (Å²) in [6.45, 7) is 0.617. The summed E-state index contributed by atoms with van der Waals surface area (Å²) in [7, 11) is 1.52. The Morgan fingerprint density at radius 3 is 2.71 bits per heavy atom. The van der Waals surface area contributed by atoms with Crippen LogP contribution in [0.3, 0.4) is 0 Å². The van der Waals surface area contributed by atoms with Gasteiger partial charge < -0.3 is 29.5 Å². The molecule has 2 aromatic rings. The second-order valence-electron chi connectivity index (χ2n) is 7.74. The number of nitrogens with zero attached hydrogens (tertiary/aromatic N) is 2. The maximum atomic E-state index is 12.7. The first-order valence-corrected chi connectivity index (χ1v) is 9.46. The van der Waals surface area contributed by atoms with Crippen LogP contribution in [0.1, 0.15) is 42.1 Å². The molecule has 1 aromatic carbocycles. The molecule has 1 aliphatic carbocycles. The van der Waals surface area contributed by atoms with Crippen LogP contribution in [-0.2, 0) is 0 Å². The van der Waals surface area contributed by atoms with Gasteiger partial charge in [0, 0.05) is 25.3 Å². The molecule has 1 aliphatic heterocycles. The van der Waals surface area contributed by atoms with Gasteiger partial charge in [-0.05, 0) is 37.8 Å². The molecule has 1 aromatic heterocycles. The van der Waals surface area contributed by atoms with Gasteiger partial charge in [-0.15, -0.1) is 0 Å². The smallest absolute Gasteiger partial charge is 0.341 e. The first-order chi connectivity index (χ1) is 13.4. The number of hydrogen-bond donors (Lipinski definition) is 3. The van der Waals surface area contributed by atoms with Crippen molar-refractivity contribution in [1.82, 2.24) is 4.57 Å². The molecular weight excluding hydrogens is 364 g/mol. The first kappa shape index (κ1) is 18.8. The van der Waals surface area contributed by atoms with Gasteiger partial charge in [-0.25, -0.2) is 4.79 Å². The number of aliphatic hydroxyl groups excluding tert-OH is 1. The molecule has 1 saturated heterocycles. The summed E-state index contributed by atoms with van der Waals surface area (Å²) < 4.78 is 7.53. The predicted molar refractivity (Wildman–Crippen MR) is 103 cm³/mol. The number of pyridine rings is 1. The standard InChI is InChI=1S/C20H24N2O6/c1-28-18-15(21-8-2-7-20(27,10-21)11-23)6-5-13-16(18)22(12-3-4-12)9-14(17(13)24)19(25)26/h5-6,9,12,23,27H,2-4,7-8,10-11H2,1H3,(H,25,26). The summed E-state index contributed by atoms with van der Waals surface area (Å²) in [4.78, 5) is 26.2. The van der Waals surface area contributed by atoms with Gasteiger partial charge in [-0.2, -0.15) is 0 Å². The fraction of sp³-hybridized carbons (Fsp3) is 0.500. The highest BCUT2D eigenvalue weighted by atomic mass is 16.5. The first-order valence-electron chi connectivity index (χ1n) is 9.46. The van der Waals surface area contributed by atoms with Crippen LogP contribution in [-0.4, -0.2) is 58.3 Å². The van der Waals surface area contributed by atoms with E-state index in [0.717, 1.165) is 18.5 Å². The lowest BCUT2D eigenvalue weighted by molar-refractivity contribution is -0.0241. The summed E-state index contributed by atoms with van der Waals surface area (Å²) in [6.07, 6.45) is 4.48. The third kappa shape index (κ3) is 3.02. The van der Waals surface area contributed by atoms with Gasteiger partial charge in [0.25, 0.3) is 0 Å². The maximum absolute atomic E-state index is 12.7. The molecule has 2 aliphatic rings. The van der Waals surface area contributed by atoms with Crippen LogP contribution >= 0.6 is 0 Å². The topological polar surface area (TPSA) is 112 Å². The van der Waals surface area contributed by atoms with Gasteiger partial charge in [0.2, 0.25) is 5.43 Å². The summed E-state index contributed by atoms with van der Waals surface area (Å²) >= 11 is 0. The summed E-state index contributed by atoms with van der Waals surface area (Å²) in [5.41, 5.74) is -0.660. The van der Waals surface area contributed by atoms with Gasteiger partial charge >= 0.3 is 5.97 Å². The Hall–Kier alpha value is -2.58. The number of piperidine rings is 1. The number of hydrogen-bond acceptors (Lipinski definition) is 6. The Kier molecular flexibility index (Phi) is 4.55. The van der Waals surface area contributed by atoms with E-state index in [9.17, 15) is 24.9 Å². The number of methoxy groups -OCH3 is 1. The molecule has 0 spiro atoms. The monoisotopic (exact) mass is 388 g/mol. The number of carboxylic acids is 1. The number of β-amino-alcohol motifs (C(OH)–C–C–N with tert-alkyl or cyclic N) is 1. The molecule has 1 unspecified atom stereocenters. The van der Waals surface area contributed by atoms with Crippen molar-refractivity contribution >= 4 is 22.6 Å². The second-order valence-corrected chi connectivity index (χ2v) is 7.74. The highest BCUT2D eigenvalue weighted by Gasteiger charge is 2.35. The van der Waals surface area contributed by atoms with Crippen LogP contribution in [0.25, 0.3) is 10.9 Å². The van der Waals surface area contributed by atoms with Crippen LogP contribution in [0.2, 0.25) is 0 Å². The van der Waals surface area contributed by atoms with Gasteiger partial charge in [-0.1, -0.05) is 0 Å². The van der Waals surface area contributed by atoms with Crippen molar-refractivity contribution in [2.75, 3.05) is 31.7 Å². The van der Waals surface area contributed by atoms with Crippen molar-refractivity contribution in [3.63, 3.8) is 0 Å². The number of carboxylic acid groups (broad SMARTS) is 1. The quantitative estimate of drug-likeness (QED) is 0.709. The van der Waals surface area contributed by atoms with Crippen molar-refractivity contribution < 1.29 is 24.9 Å². The van der Waals surface area contributed by atoms with E-state index in [0.29, 0.717) is 36.0 Å². The van der Waals surface area contributed by atoms with E-state index >= 15 is 0 Å². The van der Waals surface area contributed by atoms with Gasteiger partial charge in [0.05, 0.1) is 30.3 Å². The molecular formula is C20H24N2O6.